The van der Waals surface area contributed by atoms with Crippen LogP contribution in [0.5, 0.6) is 5.75 Å². The standard InChI is InChI=1S/C24H30N2O6/c1-17-11-13-19(14-12-17)25-24(29)32-23(18(2)7-3-6-10-22(28)26-30)20-8-4-5-9-21(20)31-16-15-27/h4-6,8-14,18,23,27,30H,3,7,15-16H2,1-2H3,(H,25,29)(H,26,28)/b10-6+/t18-,23-/m1/s1. The highest BCUT2D eigenvalue weighted by Gasteiger charge is 2.26. The largest absolute Gasteiger partial charge is 0.491 e. The number of hydrogen-bond acceptors (Lipinski definition) is 6. The van der Waals surface area contributed by atoms with Crippen LogP contribution in [0.3, 0.4) is 0 Å². The van der Waals surface area contributed by atoms with E-state index >= 15 is 0 Å². The molecule has 0 aliphatic carbocycles. The summed E-state index contributed by atoms with van der Waals surface area (Å²) in [7, 11) is 0. The van der Waals surface area contributed by atoms with Crippen LogP contribution < -0.4 is 15.5 Å². The lowest BCUT2D eigenvalue weighted by Gasteiger charge is -2.26. The molecule has 2 aromatic rings. The molecule has 0 aliphatic heterocycles. The number of hydroxylamine groups is 1. The summed E-state index contributed by atoms with van der Waals surface area (Å²) in [4.78, 5) is 23.8. The molecule has 0 saturated carbocycles. The third-order valence-corrected chi connectivity index (χ3v) is 4.79. The molecule has 2 atom stereocenters. The van der Waals surface area contributed by atoms with Crippen molar-refractivity contribution < 1.29 is 29.4 Å². The Morgan fingerprint density at radius 1 is 1.12 bits per heavy atom. The van der Waals surface area contributed by atoms with Crippen molar-refractivity contribution in [3.8, 4) is 5.75 Å². The molecular weight excluding hydrogens is 412 g/mol. The van der Waals surface area contributed by atoms with Crippen LogP contribution in [-0.4, -0.2) is 35.5 Å². The van der Waals surface area contributed by atoms with Gasteiger partial charge in [0.05, 0.1) is 6.61 Å². The maximum Gasteiger partial charge on any atom is 0.412 e. The van der Waals surface area contributed by atoms with E-state index in [0.717, 1.165) is 5.56 Å². The summed E-state index contributed by atoms with van der Waals surface area (Å²) in [6.07, 6.45) is 2.79. The van der Waals surface area contributed by atoms with Crippen LogP contribution in [0.1, 0.15) is 37.0 Å². The highest BCUT2D eigenvalue weighted by Crippen LogP contribution is 2.35. The van der Waals surface area contributed by atoms with Crippen LogP contribution in [0.2, 0.25) is 0 Å². The summed E-state index contributed by atoms with van der Waals surface area (Å²) >= 11 is 0. The molecule has 0 heterocycles. The molecule has 2 aromatic carbocycles. The second kappa shape index (κ2) is 13.1. The number of rotatable bonds is 11. The van der Waals surface area contributed by atoms with Crippen LogP contribution in [0.4, 0.5) is 10.5 Å². The van der Waals surface area contributed by atoms with Crippen molar-refractivity contribution in [1.82, 2.24) is 5.48 Å². The second-order valence-electron chi connectivity index (χ2n) is 7.36. The van der Waals surface area contributed by atoms with Gasteiger partial charge in [-0.2, -0.15) is 0 Å². The molecule has 0 aromatic heterocycles. The van der Waals surface area contributed by atoms with Gasteiger partial charge in [0.25, 0.3) is 5.91 Å². The molecular formula is C24H30N2O6. The number of aliphatic hydroxyl groups excluding tert-OH is 1. The molecule has 0 fully saturated rings. The molecule has 0 aliphatic rings. The van der Waals surface area contributed by atoms with Gasteiger partial charge in [-0.05, 0) is 43.9 Å². The number of para-hydroxylation sites is 1. The Labute approximate surface area is 187 Å². The Balaban J connectivity index is 2.18. The van der Waals surface area contributed by atoms with Gasteiger partial charge in [0.15, 0.2) is 0 Å². The number of aryl methyl sites for hydroxylation is 1. The number of amides is 2. The van der Waals surface area contributed by atoms with Gasteiger partial charge in [-0.1, -0.05) is 48.9 Å². The van der Waals surface area contributed by atoms with Crippen molar-refractivity contribution >= 4 is 17.7 Å². The van der Waals surface area contributed by atoms with Gasteiger partial charge >= 0.3 is 6.09 Å². The fourth-order valence-electron chi connectivity index (χ4n) is 3.13. The number of nitrogens with one attached hydrogen (secondary N) is 2. The second-order valence-corrected chi connectivity index (χ2v) is 7.36. The number of aliphatic hydroxyl groups is 1. The van der Waals surface area contributed by atoms with E-state index in [2.05, 4.69) is 5.32 Å². The molecule has 0 saturated heterocycles. The molecule has 0 radical (unpaired) electrons. The number of carbonyl (C=O) groups is 2. The maximum absolute atomic E-state index is 12.7. The molecule has 8 nitrogen and oxygen atoms in total. The Morgan fingerprint density at radius 2 is 1.84 bits per heavy atom. The molecule has 32 heavy (non-hydrogen) atoms. The van der Waals surface area contributed by atoms with E-state index in [1.165, 1.54) is 6.08 Å². The van der Waals surface area contributed by atoms with Crippen LogP contribution in [0.15, 0.2) is 60.7 Å². The first-order valence-electron chi connectivity index (χ1n) is 10.4. The lowest BCUT2D eigenvalue weighted by atomic mass is 9.92. The van der Waals surface area contributed by atoms with Crippen molar-refractivity contribution in [1.29, 1.82) is 0 Å². The number of ether oxygens (including phenoxy) is 2. The first-order valence-corrected chi connectivity index (χ1v) is 10.4. The third-order valence-electron chi connectivity index (χ3n) is 4.79. The minimum Gasteiger partial charge on any atom is -0.491 e. The predicted molar refractivity (Wildman–Crippen MR) is 121 cm³/mol. The van der Waals surface area contributed by atoms with E-state index < -0.39 is 18.1 Å². The van der Waals surface area contributed by atoms with Gasteiger partial charge in [-0.3, -0.25) is 15.3 Å². The van der Waals surface area contributed by atoms with Crippen molar-refractivity contribution in [3.63, 3.8) is 0 Å². The lowest BCUT2D eigenvalue weighted by molar-refractivity contribution is -0.124. The smallest absolute Gasteiger partial charge is 0.412 e. The molecule has 0 spiro atoms. The van der Waals surface area contributed by atoms with Crippen LogP contribution in [0.25, 0.3) is 0 Å². The molecule has 4 N–H and O–H groups in total. The molecule has 172 valence electrons. The average Bonchev–Trinajstić information content (AvgIpc) is 2.80. The number of allylic oxidation sites excluding steroid dienone is 1. The van der Waals surface area contributed by atoms with Gasteiger partial charge in [0.2, 0.25) is 0 Å². The summed E-state index contributed by atoms with van der Waals surface area (Å²) < 4.78 is 11.5. The Bertz CT molecular complexity index is 898. The van der Waals surface area contributed by atoms with Crippen molar-refractivity contribution in [2.24, 2.45) is 5.92 Å². The first kappa shape index (κ1) is 24.9. The van der Waals surface area contributed by atoms with Gasteiger partial charge in [-0.15, -0.1) is 0 Å². The molecule has 8 heteroatoms. The lowest BCUT2D eigenvalue weighted by Crippen LogP contribution is -2.22. The third kappa shape index (κ3) is 8.05. The normalized spacial score (nSPS) is 12.8. The Hall–Kier alpha value is -3.36. The summed E-state index contributed by atoms with van der Waals surface area (Å²) in [5, 5.41) is 20.4. The minimum absolute atomic E-state index is 0.118. The van der Waals surface area contributed by atoms with Gasteiger partial charge in [0.1, 0.15) is 18.5 Å². The molecule has 2 rings (SSSR count). The monoisotopic (exact) mass is 442 g/mol. The summed E-state index contributed by atoms with van der Waals surface area (Å²) in [5.41, 5.74) is 3.92. The van der Waals surface area contributed by atoms with Gasteiger partial charge in [-0.25, -0.2) is 10.3 Å². The van der Waals surface area contributed by atoms with E-state index in [0.29, 0.717) is 29.8 Å². The number of carbonyl (C=O) groups excluding carboxylic acids is 2. The highest BCUT2D eigenvalue weighted by molar-refractivity contribution is 5.86. The van der Waals surface area contributed by atoms with E-state index in [1.807, 2.05) is 38.1 Å². The Kier molecular flexibility index (Phi) is 10.2. The highest BCUT2D eigenvalue weighted by atomic mass is 16.6. The molecule has 2 amide bonds. The zero-order chi connectivity index (χ0) is 23.3. The number of hydrogen-bond donors (Lipinski definition) is 4. The number of anilines is 1. The SMILES string of the molecule is Cc1ccc(NC(=O)O[C@@H](c2ccccc2OCCO)[C@H](C)CC/C=C/C(=O)NO)cc1. The average molecular weight is 443 g/mol. The van der Waals surface area contributed by atoms with Crippen molar-refractivity contribution in [2.75, 3.05) is 18.5 Å². The molecule has 0 bridgehead atoms. The zero-order valence-electron chi connectivity index (χ0n) is 18.3. The predicted octanol–water partition coefficient (Wildman–Crippen LogP) is 4.13. The summed E-state index contributed by atoms with van der Waals surface area (Å²) in [6.45, 7) is 3.88. The summed E-state index contributed by atoms with van der Waals surface area (Å²) in [5.74, 6) is -0.207. The van der Waals surface area contributed by atoms with E-state index in [-0.39, 0.29) is 19.1 Å². The van der Waals surface area contributed by atoms with Crippen LogP contribution >= 0.6 is 0 Å². The fraction of sp³-hybridized carbons (Fsp3) is 0.333. The maximum atomic E-state index is 12.7. The van der Waals surface area contributed by atoms with E-state index in [1.54, 1.807) is 35.8 Å². The van der Waals surface area contributed by atoms with Crippen LogP contribution in [0, 0.1) is 12.8 Å². The van der Waals surface area contributed by atoms with Gasteiger partial charge in [0, 0.05) is 17.3 Å². The first-order chi connectivity index (χ1) is 15.4. The summed E-state index contributed by atoms with van der Waals surface area (Å²) in [6, 6.07) is 14.6. The zero-order valence-corrected chi connectivity index (χ0v) is 18.3. The minimum atomic E-state index is -0.629. The van der Waals surface area contributed by atoms with Crippen LogP contribution in [-0.2, 0) is 9.53 Å². The van der Waals surface area contributed by atoms with Gasteiger partial charge < -0.3 is 14.6 Å². The quantitative estimate of drug-likeness (QED) is 0.236. The van der Waals surface area contributed by atoms with E-state index in [9.17, 15) is 9.59 Å². The number of benzene rings is 2. The topological polar surface area (TPSA) is 117 Å². The van der Waals surface area contributed by atoms with Crippen molar-refractivity contribution in [2.45, 2.75) is 32.8 Å². The molecule has 0 unspecified atom stereocenters. The van der Waals surface area contributed by atoms with E-state index in [4.69, 9.17) is 19.8 Å². The fourth-order valence-corrected chi connectivity index (χ4v) is 3.13. The Morgan fingerprint density at radius 3 is 2.53 bits per heavy atom. The van der Waals surface area contributed by atoms with Crippen molar-refractivity contribution in [3.05, 3.63) is 71.8 Å².